The minimum absolute atomic E-state index is 0.106. The first kappa shape index (κ1) is 16.9. The van der Waals surface area contributed by atoms with Gasteiger partial charge in [-0.2, -0.15) is 0 Å². The van der Waals surface area contributed by atoms with Gasteiger partial charge in [-0.3, -0.25) is 0 Å². The molecule has 2 N–H and O–H groups in total. The monoisotopic (exact) mass is 330 g/mol. The van der Waals surface area contributed by atoms with Crippen molar-refractivity contribution in [2.75, 3.05) is 6.54 Å². The van der Waals surface area contributed by atoms with E-state index in [1.54, 1.807) is 6.07 Å². The maximum atomic E-state index is 12.5. The van der Waals surface area contributed by atoms with Gasteiger partial charge in [-0.15, -0.1) is 11.3 Å². The van der Waals surface area contributed by atoms with Gasteiger partial charge in [-0.1, -0.05) is 39.0 Å². The van der Waals surface area contributed by atoms with E-state index in [-0.39, 0.29) is 6.04 Å². The highest BCUT2D eigenvalue weighted by Crippen LogP contribution is 2.24. The number of thiophene rings is 1. The Labute approximate surface area is 132 Å². The summed E-state index contributed by atoms with van der Waals surface area (Å²) in [5, 5.41) is 3.22. The molecular formula is C15H26N2O2S2. The molecule has 6 heteroatoms. The Morgan fingerprint density at radius 1 is 1.14 bits per heavy atom. The molecule has 0 atom stereocenters. The van der Waals surface area contributed by atoms with Crippen molar-refractivity contribution in [2.24, 2.45) is 0 Å². The van der Waals surface area contributed by atoms with Crippen molar-refractivity contribution in [2.45, 2.75) is 68.7 Å². The van der Waals surface area contributed by atoms with E-state index in [2.05, 4.69) is 10.0 Å². The molecule has 120 valence electrons. The average Bonchev–Trinajstić information content (AvgIpc) is 2.89. The standard InChI is InChI=1S/C15H26N2O2S2/c1-2-16-12-14-10-11-15(20-14)21(18,19)17-13-8-6-4-3-5-7-9-13/h10-11,13,16-17H,2-9,12H2,1H3. The molecule has 1 aliphatic carbocycles. The van der Waals surface area contributed by atoms with Crippen LogP contribution in [0, 0.1) is 0 Å². The fourth-order valence-electron chi connectivity index (χ4n) is 2.70. The van der Waals surface area contributed by atoms with E-state index < -0.39 is 10.0 Å². The minimum atomic E-state index is -3.35. The smallest absolute Gasteiger partial charge is 0.250 e. The van der Waals surface area contributed by atoms with E-state index in [0.29, 0.717) is 4.21 Å². The summed E-state index contributed by atoms with van der Waals surface area (Å²) < 4.78 is 28.3. The van der Waals surface area contributed by atoms with Gasteiger partial charge >= 0.3 is 0 Å². The van der Waals surface area contributed by atoms with E-state index in [1.807, 2.05) is 13.0 Å². The van der Waals surface area contributed by atoms with Crippen molar-refractivity contribution in [3.8, 4) is 0 Å². The van der Waals surface area contributed by atoms with E-state index in [1.165, 1.54) is 30.6 Å². The van der Waals surface area contributed by atoms with Gasteiger partial charge in [0.15, 0.2) is 0 Å². The Morgan fingerprint density at radius 3 is 2.48 bits per heavy atom. The van der Waals surface area contributed by atoms with E-state index >= 15 is 0 Å². The molecule has 1 aliphatic rings. The lowest BCUT2D eigenvalue weighted by Crippen LogP contribution is -2.34. The predicted molar refractivity (Wildman–Crippen MR) is 88.1 cm³/mol. The summed E-state index contributed by atoms with van der Waals surface area (Å²) in [6.45, 7) is 3.67. The molecule has 1 aromatic rings. The molecule has 2 rings (SSSR count). The summed E-state index contributed by atoms with van der Waals surface area (Å²) in [6, 6.07) is 3.73. The summed E-state index contributed by atoms with van der Waals surface area (Å²) in [5.41, 5.74) is 0. The van der Waals surface area contributed by atoms with Crippen LogP contribution < -0.4 is 10.0 Å². The third-order valence-electron chi connectivity index (χ3n) is 3.88. The minimum Gasteiger partial charge on any atom is -0.312 e. The van der Waals surface area contributed by atoms with Crippen LogP contribution in [0.4, 0.5) is 0 Å². The van der Waals surface area contributed by atoms with Crippen LogP contribution in [-0.4, -0.2) is 21.0 Å². The highest BCUT2D eigenvalue weighted by atomic mass is 32.2. The SMILES string of the molecule is CCNCc1ccc(S(=O)(=O)NC2CCCCCCC2)s1. The lowest BCUT2D eigenvalue weighted by Gasteiger charge is -2.20. The normalized spacial score (nSPS) is 18.3. The summed E-state index contributed by atoms with van der Waals surface area (Å²) in [4.78, 5) is 1.06. The van der Waals surface area contributed by atoms with Gasteiger partial charge in [0.05, 0.1) is 0 Å². The molecular weight excluding hydrogens is 304 g/mol. The molecule has 4 nitrogen and oxygen atoms in total. The van der Waals surface area contributed by atoms with Crippen LogP contribution in [0.1, 0.15) is 56.7 Å². The van der Waals surface area contributed by atoms with Crippen LogP contribution in [0.3, 0.4) is 0 Å². The second-order valence-corrected chi connectivity index (χ2v) is 8.77. The first-order chi connectivity index (χ1) is 10.1. The van der Waals surface area contributed by atoms with Gasteiger partial charge < -0.3 is 5.32 Å². The van der Waals surface area contributed by atoms with Crippen molar-refractivity contribution < 1.29 is 8.42 Å². The third kappa shape index (κ3) is 5.36. The van der Waals surface area contributed by atoms with E-state index in [9.17, 15) is 8.42 Å². The van der Waals surface area contributed by atoms with Crippen molar-refractivity contribution in [1.82, 2.24) is 10.0 Å². The first-order valence-corrected chi connectivity index (χ1v) is 10.2. The Hall–Kier alpha value is -0.430. The fraction of sp³-hybridized carbons (Fsp3) is 0.733. The Balaban J connectivity index is 1.97. The maximum Gasteiger partial charge on any atom is 0.250 e. The van der Waals surface area contributed by atoms with Gasteiger partial charge in [0, 0.05) is 17.5 Å². The number of rotatable bonds is 6. The topological polar surface area (TPSA) is 58.2 Å². The van der Waals surface area contributed by atoms with E-state index in [4.69, 9.17) is 0 Å². The van der Waals surface area contributed by atoms with Crippen molar-refractivity contribution in [1.29, 1.82) is 0 Å². The van der Waals surface area contributed by atoms with Crippen LogP contribution in [0.15, 0.2) is 16.3 Å². The van der Waals surface area contributed by atoms with Gasteiger partial charge in [0.1, 0.15) is 4.21 Å². The molecule has 0 bridgehead atoms. The molecule has 1 saturated carbocycles. The van der Waals surface area contributed by atoms with Crippen LogP contribution in [0.2, 0.25) is 0 Å². The molecule has 1 heterocycles. The summed E-state index contributed by atoms with van der Waals surface area (Å²) >= 11 is 1.36. The zero-order chi connectivity index (χ0) is 15.1. The molecule has 0 aliphatic heterocycles. The summed E-state index contributed by atoms with van der Waals surface area (Å²) in [5.74, 6) is 0. The molecule has 0 unspecified atom stereocenters. The van der Waals surface area contributed by atoms with Crippen LogP contribution in [-0.2, 0) is 16.6 Å². The van der Waals surface area contributed by atoms with Crippen LogP contribution in [0.5, 0.6) is 0 Å². The Kier molecular flexibility index (Phi) is 6.67. The zero-order valence-electron chi connectivity index (χ0n) is 12.7. The molecule has 0 radical (unpaired) electrons. The molecule has 0 saturated heterocycles. The lowest BCUT2D eigenvalue weighted by molar-refractivity contribution is 0.427. The summed E-state index contributed by atoms with van der Waals surface area (Å²) in [6.07, 6.45) is 7.93. The summed E-state index contributed by atoms with van der Waals surface area (Å²) in [7, 11) is -3.35. The van der Waals surface area contributed by atoms with Gasteiger partial charge in [-0.25, -0.2) is 13.1 Å². The fourth-order valence-corrected chi connectivity index (χ4v) is 5.34. The zero-order valence-corrected chi connectivity index (χ0v) is 14.4. The highest BCUT2D eigenvalue weighted by molar-refractivity contribution is 7.91. The number of nitrogens with one attached hydrogen (secondary N) is 2. The predicted octanol–water partition coefficient (Wildman–Crippen LogP) is 3.25. The second kappa shape index (κ2) is 8.27. The van der Waals surface area contributed by atoms with Crippen molar-refractivity contribution >= 4 is 21.4 Å². The van der Waals surface area contributed by atoms with Crippen LogP contribution in [0.25, 0.3) is 0 Å². The number of hydrogen-bond donors (Lipinski definition) is 2. The average molecular weight is 331 g/mol. The Bertz CT molecular complexity index is 518. The lowest BCUT2D eigenvalue weighted by atomic mass is 9.97. The highest BCUT2D eigenvalue weighted by Gasteiger charge is 2.22. The number of hydrogen-bond acceptors (Lipinski definition) is 4. The molecule has 1 fully saturated rings. The molecule has 1 aromatic heterocycles. The molecule has 0 aromatic carbocycles. The number of sulfonamides is 1. The second-order valence-electron chi connectivity index (χ2n) is 5.66. The van der Waals surface area contributed by atoms with Gasteiger partial charge in [0.25, 0.3) is 0 Å². The van der Waals surface area contributed by atoms with Gasteiger partial charge in [-0.05, 0) is 31.5 Å². The van der Waals surface area contributed by atoms with Gasteiger partial charge in [0.2, 0.25) is 10.0 Å². The molecule has 21 heavy (non-hydrogen) atoms. The Morgan fingerprint density at radius 2 is 1.81 bits per heavy atom. The van der Waals surface area contributed by atoms with Crippen molar-refractivity contribution in [3.05, 3.63) is 17.0 Å². The maximum absolute atomic E-state index is 12.5. The molecule has 0 amide bonds. The van der Waals surface area contributed by atoms with Crippen LogP contribution >= 0.6 is 11.3 Å². The quantitative estimate of drug-likeness (QED) is 0.842. The molecule has 0 spiro atoms. The largest absolute Gasteiger partial charge is 0.312 e. The third-order valence-corrected chi connectivity index (χ3v) is 6.98. The van der Waals surface area contributed by atoms with Crippen molar-refractivity contribution in [3.63, 3.8) is 0 Å². The van der Waals surface area contributed by atoms with E-state index in [0.717, 1.165) is 43.6 Å². The first-order valence-electron chi connectivity index (χ1n) is 7.93.